The molecule has 3 N–H and O–H groups in total. The molecular formula is C18H23NOS. The average Bonchev–Trinajstić information content (AvgIpc) is 2.50. The zero-order valence-electron chi connectivity index (χ0n) is 12.4. The first-order valence-corrected chi connectivity index (χ1v) is 8.42. The quantitative estimate of drug-likeness (QED) is 0.826. The van der Waals surface area contributed by atoms with E-state index in [4.69, 9.17) is 5.73 Å². The van der Waals surface area contributed by atoms with E-state index in [1.54, 1.807) is 11.8 Å². The number of nitrogens with two attached hydrogens (primary N) is 1. The molecule has 0 bridgehead atoms. The minimum absolute atomic E-state index is 0.211. The number of hydrogen-bond donors (Lipinski definition) is 2. The first-order chi connectivity index (χ1) is 10.2. The van der Waals surface area contributed by atoms with Gasteiger partial charge >= 0.3 is 0 Å². The van der Waals surface area contributed by atoms with Crippen molar-refractivity contribution in [3.05, 3.63) is 71.3 Å². The van der Waals surface area contributed by atoms with Gasteiger partial charge in [0.2, 0.25) is 0 Å². The van der Waals surface area contributed by atoms with E-state index in [9.17, 15) is 5.11 Å². The molecule has 112 valence electrons. The van der Waals surface area contributed by atoms with Gasteiger partial charge in [0.15, 0.2) is 0 Å². The fourth-order valence-electron chi connectivity index (χ4n) is 2.21. The number of hydrogen-bond acceptors (Lipinski definition) is 3. The largest absolute Gasteiger partial charge is 0.391 e. The Morgan fingerprint density at radius 3 is 2.43 bits per heavy atom. The summed E-state index contributed by atoms with van der Waals surface area (Å²) in [5, 5.41) is 10.2. The maximum atomic E-state index is 10.2. The van der Waals surface area contributed by atoms with Crippen LogP contribution in [0.15, 0.2) is 54.6 Å². The lowest BCUT2D eigenvalue weighted by Crippen LogP contribution is -2.38. The third kappa shape index (κ3) is 5.20. The molecule has 0 aliphatic carbocycles. The van der Waals surface area contributed by atoms with Gasteiger partial charge in [-0.15, -0.1) is 0 Å². The van der Waals surface area contributed by atoms with Gasteiger partial charge in [0.25, 0.3) is 0 Å². The van der Waals surface area contributed by atoms with Crippen LogP contribution in [0.1, 0.15) is 16.7 Å². The highest BCUT2D eigenvalue weighted by Gasteiger charge is 2.15. The minimum Gasteiger partial charge on any atom is -0.391 e. The van der Waals surface area contributed by atoms with Gasteiger partial charge in [-0.05, 0) is 30.0 Å². The highest BCUT2D eigenvalue weighted by Crippen LogP contribution is 2.17. The average molecular weight is 301 g/mol. The van der Waals surface area contributed by atoms with Gasteiger partial charge in [-0.3, -0.25) is 0 Å². The number of aliphatic hydroxyl groups is 1. The highest BCUT2D eigenvalue weighted by molar-refractivity contribution is 7.98. The maximum Gasteiger partial charge on any atom is 0.0784 e. The molecule has 2 unspecified atom stereocenters. The van der Waals surface area contributed by atoms with Crippen LogP contribution in [0, 0.1) is 6.92 Å². The van der Waals surface area contributed by atoms with E-state index in [2.05, 4.69) is 25.1 Å². The van der Waals surface area contributed by atoms with Gasteiger partial charge in [0.05, 0.1) is 6.10 Å². The van der Waals surface area contributed by atoms with Crippen molar-refractivity contribution < 1.29 is 5.11 Å². The molecule has 2 aromatic carbocycles. The van der Waals surface area contributed by atoms with Crippen molar-refractivity contribution in [1.82, 2.24) is 0 Å². The molecule has 0 radical (unpaired) electrons. The van der Waals surface area contributed by atoms with Gasteiger partial charge in [-0.25, -0.2) is 0 Å². The van der Waals surface area contributed by atoms with Crippen LogP contribution in [-0.2, 0) is 12.2 Å². The number of aliphatic hydroxyl groups excluding tert-OH is 1. The van der Waals surface area contributed by atoms with E-state index in [0.29, 0.717) is 12.2 Å². The van der Waals surface area contributed by atoms with E-state index in [-0.39, 0.29) is 6.04 Å². The van der Waals surface area contributed by atoms with Gasteiger partial charge < -0.3 is 10.8 Å². The van der Waals surface area contributed by atoms with Crippen molar-refractivity contribution in [3.63, 3.8) is 0 Å². The Morgan fingerprint density at radius 1 is 1.05 bits per heavy atom. The Morgan fingerprint density at radius 2 is 1.71 bits per heavy atom. The van der Waals surface area contributed by atoms with E-state index >= 15 is 0 Å². The van der Waals surface area contributed by atoms with Crippen LogP contribution in [-0.4, -0.2) is 23.0 Å². The molecule has 2 nitrogen and oxygen atoms in total. The first-order valence-electron chi connectivity index (χ1n) is 7.26. The monoisotopic (exact) mass is 301 g/mol. The van der Waals surface area contributed by atoms with Crippen LogP contribution in [0.5, 0.6) is 0 Å². The molecular weight excluding hydrogens is 278 g/mol. The number of thioether (sulfide) groups is 1. The van der Waals surface area contributed by atoms with Crippen molar-refractivity contribution in [1.29, 1.82) is 0 Å². The van der Waals surface area contributed by atoms with Gasteiger partial charge in [0, 0.05) is 17.5 Å². The van der Waals surface area contributed by atoms with Crippen molar-refractivity contribution in [2.24, 2.45) is 5.73 Å². The molecule has 0 spiro atoms. The maximum absolute atomic E-state index is 10.2. The Kier molecular flexibility index (Phi) is 6.30. The summed E-state index contributed by atoms with van der Waals surface area (Å²) in [6.07, 6.45) is 0.242. The standard InChI is InChI=1S/C18H23NOS/c1-14-7-5-6-10-16(14)12-21-13-18(20)17(19)11-15-8-3-2-4-9-15/h2-10,17-18,20H,11-13,19H2,1H3. The zero-order chi connectivity index (χ0) is 15.1. The lowest BCUT2D eigenvalue weighted by atomic mass is 10.0. The predicted molar refractivity (Wildman–Crippen MR) is 91.5 cm³/mol. The Hall–Kier alpha value is -1.29. The second kappa shape index (κ2) is 8.23. The summed E-state index contributed by atoms with van der Waals surface area (Å²) in [5.41, 5.74) is 9.89. The minimum atomic E-state index is -0.473. The van der Waals surface area contributed by atoms with Crippen LogP contribution in [0.2, 0.25) is 0 Å². The zero-order valence-corrected chi connectivity index (χ0v) is 13.2. The van der Waals surface area contributed by atoms with Crippen molar-refractivity contribution >= 4 is 11.8 Å². The topological polar surface area (TPSA) is 46.2 Å². The van der Waals surface area contributed by atoms with Crippen LogP contribution in [0.3, 0.4) is 0 Å². The third-order valence-corrected chi connectivity index (χ3v) is 4.71. The third-order valence-electron chi connectivity index (χ3n) is 3.62. The molecule has 2 aromatic rings. The van der Waals surface area contributed by atoms with E-state index < -0.39 is 6.10 Å². The second-order valence-electron chi connectivity index (χ2n) is 5.36. The van der Waals surface area contributed by atoms with Gasteiger partial charge in [-0.1, -0.05) is 54.6 Å². The van der Waals surface area contributed by atoms with Crippen LogP contribution >= 0.6 is 11.8 Å². The van der Waals surface area contributed by atoms with Crippen LogP contribution in [0.25, 0.3) is 0 Å². The summed E-state index contributed by atoms with van der Waals surface area (Å²) in [4.78, 5) is 0. The molecule has 2 atom stereocenters. The number of aryl methyl sites for hydroxylation is 1. The van der Waals surface area contributed by atoms with Crippen molar-refractivity contribution in [2.75, 3.05) is 5.75 Å². The molecule has 0 heterocycles. The Labute approximate surface area is 131 Å². The van der Waals surface area contributed by atoms with Crippen LogP contribution < -0.4 is 5.73 Å². The fourth-order valence-corrected chi connectivity index (χ4v) is 3.36. The highest BCUT2D eigenvalue weighted by atomic mass is 32.2. The molecule has 0 saturated heterocycles. The summed E-state index contributed by atoms with van der Waals surface area (Å²) in [6, 6.07) is 18.2. The lowest BCUT2D eigenvalue weighted by Gasteiger charge is -2.18. The van der Waals surface area contributed by atoms with E-state index in [1.807, 2.05) is 36.4 Å². The molecule has 0 aliphatic heterocycles. The van der Waals surface area contributed by atoms with Gasteiger partial charge in [0.1, 0.15) is 0 Å². The summed E-state index contributed by atoms with van der Waals surface area (Å²) < 4.78 is 0. The second-order valence-corrected chi connectivity index (χ2v) is 6.39. The predicted octanol–water partition coefficient (Wildman–Crippen LogP) is 3.16. The smallest absolute Gasteiger partial charge is 0.0784 e. The Balaban J connectivity index is 1.76. The molecule has 3 heteroatoms. The summed E-state index contributed by atoms with van der Waals surface area (Å²) in [5.74, 6) is 1.59. The lowest BCUT2D eigenvalue weighted by molar-refractivity contribution is 0.167. The summed E-state index contributed by atoms with van der Waals surface area (Å²) >= 11 is 1.74. The molecule has 0 amide bonds. The molecule has 0 fully saturated rings. The first kappa shape index (κ1) is 16.1. The van der Waals surface area contributed by atoms with Crippen molar-refractivity contribution in [2.45, 2.75) is 31.2 Å². The molecule has 2 rings (SSSR count). The molecule has 0 saturated carbocycles. The molecule has 0 aliphatic rings. The molecule has 0 aromatic heterocycles. The van der Waals surface area contributed by atoms with Crippen LogP contribution in [0.4, 0.5) is 0 Å². The SMILES string of the molecule is Cc1ccccc1CSCC(O)C(N)Cc1ccccc1. The van der Waals surface area contributed by atoms with Gasteiger partial charge in [-0.2, -0.15) is 11.8 Å². The molecule has 21 heavy (non-hydrogen) atoms. The van der Waals surface area contributed by atoms with E-state index in [0.717, 1.165) is 5.75 Å². The normalized spacial score (nSPS) is 13.9. The number of benzene rings is 2. The van der Waals surface area contributed by atoms with E-state index in [1.165, 1.54) is 16.7 Å². The summed E-state index contributed by atoms with van der Waals surface area (Å²) in [6.45, 7) is 2.12. The Bertz CT molecular complexity index is 544. The number of rotatable bonds is 7. The summed E-state index contributed by atoms with van der Waals surface area (Å²) in [7, 11) is 0. The van der Waals surface area contributed by atoms with Crippen molar-refractivity contribution in [3.8, 4) is 0 Å². The fraction of sp³-hybridized carbons (Fsp3) is 0.333.